The van der Waals surface area contributed by atoms with E-state index in [9.17, 15) is 15.2 Å². The van der Waals surface area contributed by atoms with Gasteiger partial charge in [0.15, 0.2) is 5.17 Å². The van der Waals surface area contributed by atoms with Crippen LogP contribution in [0.1, 0.15) is 16.7 Å². The number of phenols is 1. The van der Waals surface area contributed by atoms with Crippen molar-refractivity contribution in [3.05, 3.63) is 129 Å². The molecular weight excluding hydrogens is 506 g/mol. The van der Waals surface area contributed by atoms with Crippen LogP contribution in [-0.4, -0.2) is 26.6 Å². The zero-order chi connectivity index (χ0) is 26.2. The van der Waals surface area contributed by atoms with Gasteiger partial charge in [-0.15, -0.1) is 0 Å². The summed E-state index contributed by atoms with van der Waals surface area (Å²) in [6.45, 7) is 3.07. The maximum atomic E-state index is 11.7. The summed E-state index contributed by atoms with van der Waals surface area (Å²) in [5.41, 5.74) is 3.35. The van der Waals surface area contributed by atoms with Crippen molar-refractivity contribution in [2.24, 2.45) is 4.99 Å². The number of hydrogen-bond acceptors (Lipinski definition) is 5. The normalized spacial score (nSPS) is 11.4. The molecule has 8 heteroatoms. The van der Waals surface area contributed by atoms with Crippen LogP contribution < -0.4 is 0 Å². The number of nitro groups is 1. The molecule has 0 aliphatic heterocycles. The van der Waals surface area contributed by atoms with Crippen LogP contribution in [0.25, 0.3) is 0 Å². The van der Waals surface area contributed by atoms with Gasteiger partial charge in [0, 0.05) is 29.1 Å². The molecule has 37 heavy (non-hydrogen) atoms. The van der Waals surface area contributed by atoms with E-state index in [1.54, 1.807) is 36.4 Å². The molecule has 0 aliphatic rings. The number of benzene rings is 4. The second kappa shape index (κ2) is 12.4. The first-order chi connectivity index (χ1) is 17.9. The first-order valence-electron chi connectivity index (χ1n) is 11.7. The van der Waals surface area contributed by atoms with Crippen molar-refractivity contribution < 1.29 is 10.0 Å². The van der Waals surface area contributed by atoms with Crippen molar-refractivity contribution >= 4 is 39.9 Å². The molecule has 4 aromatic carbocycles. The van der Waals surface area contributed by atoms with Gasteiger partial charge in [-0.3, -0.25) is 10.1 Å². The highest BCUT2D eigenvalue weighted by Gasteiger charge is 2.19. The van der Waals surface area contributed by atoms with Crippen LogP contribution in [0.2, 0.25) is 5.02 Å². The van der Waals surface area contributed by atoms with Gasteiger partial charge in [0.25, 0.3) is 5.69 Å². The largest absolute Gasteiger partial charge is 0.508 e. The summed E-state index contributed by atoms with van der Waals surface area (Å²) in [4.78, 5) is 19.2. The highest BCUT2D eigenvalue weighted by molar-refractivity contribution is 8.13. The molecule has 6 nitrogen and oxygen atoms in total. The number of para-hydroxylation sites is 2. The van der Waals surface area contributed by atoms with E-state index in [-0.39, 0.29) is 17.1 Å². The third kappa shape index (κ3) is 7.59. The number of rotatable bonds is 8. The molecule has 0 aliphatic carbocycles. The molecule has 0 aromatic heterocycles. The van der Waals surface area contributed by atoms with Gasteiger partial charge in [0.2, 0.25) is 0 Å². The Balaban J connectivity index is 1.76. The van der Waals surface area contributed by atoms with Crippen molar-refractivity contribution in [2.75, 3.05) is 6.54 Å². The standard InChI is InChI=1S/C29H26ClN3O3S/c1-21-6-4-9-26(18-21)37-29(31-27-10-2-3-11-28(27)33(35)36)32(20-23-7-5-8-25(34)19-23)17-16-22-12-14-24(30)15-13-22/h2-15,18-19,34H,16-17,20H2,1H3. The molecular formula is C29H26ClN3O3S. The number of aromatic hydroxyl groups is 1. The Kier molecular flexibility index (Phi) is 8.82. The molecule has 4 aromatic rings. The predicted octanol–water partition coefficient (Wildman–Crippen LogP) is 7.79. The summed E-state index contributed by atoms with van der Waals surface area (Å²) in [6.07, 6.45) is 0.709. The number of thioether (sulfide) groups is 1. The monoisotopic (exact) mass is 531 g/mol. The Hall–Kier alpha value is -3.81. The average Bonchev–Trinajstić information content (AvgIpc) is 2.87. The number of nitro benzene ring substituents is 1. The summed E-state index contributed by atoms with van der Waals surface area (Å²) >= 11 is 7.53. The van der Waals surface area contributed by atoms with E-state index < -0.39 is 4.92 Å². The summed E-state index contributed by atoms with van der Waals surface area (Å²) < 4.78 is 0. The summed E-state index contributed by atoms with van der Waals surface area (Å²) in [5.74, 6) is 0.179. The van der Waals surface area contributed by atoms with Crippen molar-refractivity contribution in [3.8, 4) is 5.75 Å². The third-order valence-corrected chi connectivity index (χ3v) is 6.91. The molecule has 0 bridgehead atoms. The fourth-order valence-electron chi connectivity index (χ4n) is 3.79. The zero-order valence-electron chi connectivity index (χ0n) is 20.3. The molecule has 188 valence electrons. The molecule has 0 unspecified atom stereocenters. The number of phenolic OH excluding ortho intramolecular Hbond substituents is 1. The lowest BCUT2D eigenvalue weighted by molar-refractivity contribution is -0.384. The maximum absolute atomic E-state index is 11.7. The molecule has 0 fully saturated rings. The predicted molar refractivity (Wildman–Crippen MR) is 151 cm³/mol. The van der Waals surface area contributed by atoms with E-state index in [2.05, 4.69) is 11.0 Å². The van der Waals surface area contributed by atoms with Crippen LogP contribution in [0.3, 0.4) is 0 Å². The lowest BCUT2D eigenvalue weighted by atomic mass is 10.1. The van der Waals surface area contributed by atoms with E-state index in [0.717, 1.165) is 21.6 Å². The molecule has 0 saturated carbocycles. The van der Waals surface area contributed by atoms with Crippen LogP contribution >= 0.6 is 23.4 Å². The van der Waals surface area contributed by atoms with Gasteiger partial charge in [-0.05, 0) is 66.9 Å². The Morgan fingerprint density at radius 1 is 0.973 bits per heavy atom. The first kappa shape index (κ1) is 26.3. The second-order valence-corrected chi connectivity index (χ2v) is 10.0. The molecule has 4 rings (SSSR count). The Morgan fingerprint density at radius 3 is 2.46 bits per heavy atom. The number of amidine groups is 1. The van der Waals surface area contributed by atoms with Crippen LogP contribution in [-0.2, 0) is 13.0 Å². The molecule has 0 radical (unpaired) electrons. The molecule has 0 amide bonds. The highest BCUT2D eigenvalue weighted by Crippen LogP contribution is 2.32. The second-order valence-electron chi connectivity index (χ2n) is 8.53. The Bertz CT molecular complexity index is 1410. The van der Waals surface area contributed by atoms with Crippen molar-refractivity contribution in [2.45, 2.75) is 24.8 Å². The molecule has 0 atom stereocenters. The van der Waals surface area contributed by atoms with E-state index >= 15 is 0 Å². The van der Waals surface area contributed by atoms with Crippen molar-refractivity contribution in [3.63, 3.8) is 0 Å². The lowest BCUT2D eigenvalue weighted by Gasteiger charge is -2.26. The molecule has 0 spiro atoms. The average molecular weight is 532 g/mol. The van der Waals surface area contributed by atoms with Gasteiger partial charge in [0.05, 0.1) is 4.92 Å². The van der Waals surface area contributed by atoms with Crippen LogP contribution in [0.4, 0.5) is 11.4 Å². The zero-order valence-corrected chi connectivity index (χ0v) is 21.8. The maximum Gasteiger partial charge on any atom is 0.294 e. The molecule has 0 saturated heterocycles. The smallest absolute Gasteiger partial charge is 0.294 e. The number of nitrogens with zero attached hydrogens (tertiary/aromatic N) is 3. The number of aryl methyl sites for hydroxylation is 1. The summed E-state index contributed by atoms with van der Waals surface area (Å²) in [7, 11) is 0. The minimum atomic E-state index is -0.416. The van der Waals surface area contributed by atoms with E-state index in [0.29, 0.717) is 29.7 Å². The van der Waals surface area contributed by atoms with E-state index in [1.807, 2.05) is 55.5 Å². The molecule has 1 N–H and O–H groups in total. The van der Waals surface area contributed by atoms with Crippen LogP contribution in [0.5, 0.6) is 5.75 Å². The Morgan fingerprint density at radius 2 is 1.73 bits per heavy atom. The fourth-order valence-corrected chi connectivity index (χ4v) is 4.95. The highest BCUT2D eigenvalue weighted by atomic mass is 35.5. The number of aliphatic imine (C=N–C) groups is 1. The van der Waals surface area contributed by atoms with Gasteiger partial charge in [-0.2, -0.15) is 0 Å². The quantitative estimate of drug-likeness (QED) is 0.0825. The van der Waals surface area contributed by atoms with Gasteiger partial charge >= 0.3 is 0 Å². The summed E-state index contributed by atoms with van der Waals surface area (Å²) in [6, 6.07) is 29.3. The topological polar surface area (TPSA) is 79.0 Å². The van der Waals surface area contributed by atoms with Gasteiger partial charge in [-0.1, -0.05) is 77.5 Å². The SMILES string of the molecule is Cc1cccc(SC(=Nc2ccccc2[N+](=O)[O-])N(CCc2ccc(Cl)cc2)Cc2cccc(O)c2)c1. The van der Waals surface area contributed by atoms with E-state index in [1.165, 1.54) is 17.8 Å². The summed E-state index contributed by atoms with van der Waals surface area (Å²) in [5, 5.41) is 23.1. The number of halogens is 1. The minimum absolute atomic E-state index is 0.0557. The minimum Gasteiger partial charge on any atom is -0.508 e. The Labute approximate surface area is 225 Å². The van der Waals surface area contributed by atoms with Crippen molar-refractivity contribution in [1.29, 1.82) is 0 Å². The van der Waals surface area contributed by atoms with Gasteiger partial charge in [-0.25, -0.2) is 4.99 Å². The van der Waals surface area contributed by atoms with Gasteiger partial charge < -0.3 is 10.0 Å². The van der Waals surface area contributed by atoms with Crippen LogP contribution in [0, 0.1) is 17.0 Å². The van der Waals surface area contributed by atoms with Crippen LogP contribution in [0.15, 0.2) is 107 Å². The van der Waals surface area contributed by atoms with E-state index in [4.69, 9.17) is 16.6 Å². The fraction of sp³-hybridized carbons (Fsp3) is 0.138. The lowest BCUT2D eigenvalue weighted by Crippen LogP contribution is -2.30. The van der Waals surface area contributed by atoms with Crippen molar-refractivity contribution in [1.82, 2.24) is 4.90 Å². The van der Waals surface area contributed by atoms with Gasteiger partial charge in [0.1, 0.15) is 11.4 Å². The number of hydrogen-bond donors (Lipinski definition) is 1. The third-order valence-electron chi connectivity index (χ3n) is 5.63. The molecule has 0 heterocycles. The first-order valence-corrected chi connectivity index (χ1v) is 12.9.